The SMILES string of the molecule is CC1=C(C)C(C)(C)C=C1[CH]1[Ti+2][CH]1NC(C)(C)C.[Cl-].[Cl-]. The van der Waals surface area contributed by atoms with E-state index in [1.807, 2.05) is 0 Å². The smallest absolute Gasteiger partial charge is 1.00 e. The van der Waals surface area contributed by atoms with E-state index in [4.69, 9.17) is 0 Å². The zero-order chi connectivity index (χ0) is 13.0. The fourth-order valence-electron chi connectivity index (χ4n) is 2.63. The Balaban J connectivity index is 0.00000162. The van der Waals surface area contributed by atoms with Gasteiger partial charge in [0, 0.05) is 0 Å². The second-order valence-electron chi connectivity index (χ2n) is 7.09. The Labute approximate surface area is 139 Å². The number of rotatable bonds is 2. The van der Waals surface area contributed by atoms with Gasteiger partial charge in [-0.1, -0.05) is 0 Å². The molecule has 0 aromatic heterocycles. The normalized spacial score (nSPS) is 27.6. The molecule has 1 heterocycles. The molecule has 2 unspecified atom stereocenters. The first kappa shape index (κ1) is 19.7. The van der Waals surface area contributed by atoms with Crippen molar-refractivity contribution in [1.82, 2.24) is 5.32 Å². The van der Waals surface area contributed by atoms with E-state index in [1.54, 1.807) is 16.7 Å². The Hall–Kier alpha value is 0.734. The molecule has 0 saturated carbocycles. The average molecular weight is 338 g/mol. The standard InChI is InChI=1S/C15H25N.2ClH.Ti/c1-11-12(2)15(6,7)10-13(11)8-9-16-14(3,4)5;;;/h8-10,16H,1-7H3;2*1H;/q;;;+2/p-2. The molecule has 0 aromatic carbocycles. The van der Waals surface area contributed by atoms with Gasteiger partial charge in [-0.15, -0.1) is 0 Å². The van der Waals surface area contributed by atoms with E-state index in [0.717, 1.165) is 8.57 Å². The summed E-state index contributed by atoms with van der Waals surface area (Å²) in [4.78, 5) is 0. The Morgan fingerprint density at radius 2 is 1.68 bits per heavy atom. The van der Waals surface area contributed by atoms with Crippen LogP contribution in [0.2, 0.25) is 4.22 Å². The molecular weight excluding hydrogens is 313 g/mol. The van der Waals surface area contributed by atoms with Gasteiger partial charge < -0.3 is 24.8 Å². The van der Waals surface area contributed by atoms with Crippen molar-refractivity contribution >= 4 is 0 Å². The minimum Gasteiger partial charge on any atom is -1.00 e. The maximum absolute atomic E-state index is 3.77. The summed E-state index contributed by atoms with van der Waals surface area (Å²) >= 11 is 0.193. The van der Waals surface area contributed by atoms with E-state index in [9.17, 15) is 0 Å². The van der Waals surface area contributed by atoms with Crippen molar-refractivity contribution in [1.29, 1.82) is 0 Å². The van der Waals surface area contributed by atoms with E-state index in [1.165, 1.54) is 0 Å². The molecule has 0 radical (unpaired) electrons. The second kappa shape index (κ2) is 6.24. The van der Waals surface area contributed by atoms with E-state index in [-0.39, 0.29) is 49.5 Å². The maximum Gasteiger partial charge on any atom is -1.00 e. The van der Waals surface area contributed by atoms with Gasteiger partial charge in [-0.2, -0.15) is 0 Å². The molecule has 2 rings (SSSR count). The summed E-state index contributed by atoms with van der Waals surface area (Å²) in [6.45, 7) is 16.1. The van der Waals surface area contributed by atoms with E-state index in [2.05, 4.69) is 59.9 Å². The monoisotopic (exact) mass is 337 g/mol. The predicted molar refractivity (Wildman–Crippen MR) is 70.7 cm³/mol. The molecule has 108 valence electrons. The zero-order valence-corrected chi connectivity index (χ0v) is 16.1. The van der Waals surface area contributed by atoms with Gasteiger partial charge >= 0.3 is 115 Å². The predicted octanol–water partition coefficient (Wildman–Crippen LogP) is -2.10. The summed E-state index contributed by atoms with van der Waals surface area (Å²) in [7, 11) is 0. The van der Waals surface area contributed by atoms with Crippen LogP contribution in [0.25, 0.3) is 0 Å². The van der Waals surface area contributed by atoms with Crippen LogP contribution in [0.5, 0.6) is 0 Å². The molecule has 1 aliphatic heterocycles. The molecule has 1 saturated heterocycles. The van der Waals surface area contributed by atoms with Crippen molar-refractivity contribution in [2.45, 2.75) is 62.6 Å². The molecule has 19 heavy (non-hydrogen) atoms. The Morgan fingerprint density at radius 1 is 1.16 bits per heavy atom. The molecule has 1 aliphatic carbocycles. The van der Waals surface area contributed by atoms with Gasteiger partial charge in [0.15, 0.2) is 0 Å². The summed E-state index contributed by atoms with van der Waals surface area (Å²) in [5.41, 5.74) is 5.36. The van der Waals surface area contributed by atoms with Gasteiger partial charge in [0.1, 0.15) is 0 Å². The summed E-state index contributed by atoms with van der Waals surface area (Å²) in [5.74, 6) is 0. The van der Waals surface area contributed by atoms with E-state index in [0.29, 0.717) is 5.41 Å². The van der Waals surface area contributed by atoms with Crippen LogP contribution in [-0.4, -0.2) is 9.89 Å². The maximum atomic E-state index is 3.77. The summed E-state index contributed by atoms with van der Waals surface area (Å²) in [5, 5.41) is 3.77. The van der Waals surface area contributed by atoms with Crippen molar-refractivity contribution in [3.05, 3.63) is 22.8 Å². The molecular formula is C15H25Cl2NTi. The fraction of sp³-hybridized carbons (Fsp3) is 0.733. The second-order valence-corrected chi connectivity index (χ2v) is 9.55. The molecule has 1 fully saturated rings. The van der Waals surface area contributed by atoms with Crippen molar-refractivity contribution in [3.8, 4) is 0 Å². The van der Waals surface area contributed by atoms with Crippen LogP contribution in [-0.2, 0) is 19.2 Å². The third-order valence-corrected chi connectivity index (χ3v) is 6.26. The fourth-order valence-corrected chi connectivity index (χ4v) is 5.02. The quantitative estimate of drug-likeness (QED) is 0.569. The largest absolute Gasteiger partial charge is 1.00 e. The molecule has 2 aliphatic rings. The molecule has 0 bridgehead atoms. The Bertz CT molecular complexity index is 405. The van der Waals surface area contributed by atoms with Crippen molar-refractivity contribution in [3.63, 3.8) is 0 Å². The van der Waals surface area contributed by atoms with E-state index < -0.39 is 0 Å². The summed E-state index contributed by atoms with van der Waals surface area (Å²) < 4.78 is 1.70. The van der Waals surface area contributed by atoms with Crippen molar-refractivity contribution in [2.75, 3.05) is 0 Å². The van der Waals surface area contributed by atoms with Gasteiger partial charge in [0.2, 0.25) is 0 Å². The first-order valence-corrected chi connectivity index (χ1v) is 8.37. The van der Waals surface area contributed by atoms with Gasteiger partial charge in [-0.25, -0.2) is 0 Å². The summed E-state index contributed by atoms with van der Waals surface area (Å²) in [6.07, 6.45) is 2.52. The van der Waals surface area contributed by atoms with Gasteiger partial charge in [0.25, 0.3) is 0 Å². The van der Waals surface area contributed by atoms with Crippen LogP contribution in [0.3, 0.4) is 0 Å². The molecule has 0 aromatic rings. The molecule has 1 nitrogen and oxygen atoms in total. The first-order chi connectivity index (χ1) is 7.62. The van der Waals surface area contributed by atoms with Crippen molar-refractivity contribution < 1.29 is 44.0 Å². The van der Waals surface area contributed by atoms with Crippen LogP contribution >= 0.6 is 0 Å². The number of nitrogens with one attached hydrogen (secondary N) is 1. The molecule has 4 heteroatoms. The number of allylic oxidation sites excluding steroid dienone is 3. The van der Waals surface area contributed by atoms with Gasteiger partial charge in [-0.05, 0) is 0 Å². The van der Waals surface area contributed by atoms with Crippen LogP contribution in [0.15, 0.2) is 22.8 Å². The van der Waals surface area contributed by atoms with Gasteiger partial charge in [-0.3, -0.25) is 0 Å². The minimum atomic E-state index is 0. The van der Waals surface area contributed by atoms with Crippen LogP contribution < -0.4 is 30.1 Å². The topological polar surface area (TPSA) is 12.0 Å². The van der Waals surface area contributed by atoms with Crippen molar-refractivity contribution in [2.24, 2.45) is 5.41 Å². The molecule has 0 amide bonds. The van der Waals surface area contributed by atoms with Crippen LogP contribution in [0.4, 0.5) is 0 Å². The van der Waals surface area contributed by atoms with E-state index >= 15 is 0 Å². The molecule has 0 spiro atoms. The third-order valence-electron chi connectivity index (χ3n) is 3.99. The minimum absolute atomic E-state index is 0. The Morgan fingerprint density at radius 3 is 2.05 bits per heavy atom. The average Bonchev–Trinajstić information content (AvgIpc) is 2.83. The molecule has 2 atom stereocenters. The van der Waals surface area contributed by atoms with Crippen LogP contribution in [0.1, 0.15) is 48.5 Å². The summed E-state index contributed by atoms with van der Waals surface area (Å²) in [6, 6.07) is 0. The Kier molecular flexibility index (Phi) is 6.48. The number of halogens is 2. The third kappa shape index (κ3) is 4.35. The first-order valence-electron chi connectivity index (χ1n) is 6.57. The zero-order valence-electron chi connectivity index (χ0n) is 13.0. The molecule has 1 N–H and O–H groups in total. The number of hydrogen-bond acceptors (Lipinski definition) is 1. The van der Waals surface area contributed by atoms with Crippen LogP contribution in [0, 0.1) is 5.41 Å². The van der Waals surface area contributed by atoms with Gasteiger partial charge in [0.05, 0.1) is 0 Å². The number of hydrogen-bond donors (Lipinski definition) is 1.